The number of hydrogen-bond donors (Lipinski definition) is 2. The van der Waals surface area contributed by atoms with Crippen LogP contribution >= 0.6 is 0 Å². The van der Waals surface area contributed by atoms with Gasteiger partial charge in [-0.05, 0) is 29.7 Å². The maximum absolute atomic E-state index is 12.5. The summed E-state index contributed by atoms with van der Waals surface area (Å²) in [6.07, 6.45) is 0.528. The number of aliphatic hydroxyl groups is 1. The van der Waals surface area contributed by atoms with Crippen LogP contribution in [0.15, 0.2) is 59.5 Å². The summed E-state index contributed by atoms with van der Waals surface area (Å²) in [7, 11) is -3.71. The van der Waals surface area contributed by atoms with Crippen molar-refractivity contribution < 1.29 is 13.5 Å². The van der Waals surface area contributed by atoms with Crippen LogP contribution in [0.1, 0.15) is 23.6 Å². The maximum atomic E-state index is 12.5. The number of aliphatic hydroxyl groups excluding tert-OH is 1. The van der Waals surface area contributed by atoms with Gasteiger partial charge in [-0.25, -0.2) is 13.1 Å². The Hall–Kier alpha value is -2.20. The van der Waals surface area contributed by atoms with E-state index in [0.29, 0.717) is 0 Å². The Morgan fingerprint density at radius 1 is 1.09 bits per heavy atom. The summed E-state index contributed by atoms with van der Waals surface area (Å²) in [5.74, 6) is 0. The molecule has 2 aromatic carbocycles. The molecule has 0 aliphatic carbocycles. The van der Waals surface area contributed by atoms with E-state index in [1.165, 1.54) is 12.1 Å². The van der Waals surface area contributed by atoms with Crippen LogP contribution in [-0.4, -0.2) is 20.1 Å². The molecule has 0 radical (unpaired) electrons. The summed E-state index contributed by atoms with van der Waals surface area (Å²) in [6, 6.07) is 16.9. The van der Waals surface area contributed by atoms with Gasteiger partial charge in [-0.1, -0.05) is 42.5 Å². The SMILES string of the molecule is N#CCc1ccc(S(=O)(=O)N[C@H](CCO)c2ccccc2)cc1. The summed E-state index contributed by atoms with van der Waals surface area (Å²) in [5.41, 5.74) is 1.56. The zero-order valence-corrected chi connectivity index (χ0v) is 13.3. The van der Waals surface area contributed by atoms with Crippen LogP contribution in [0.25, 0.3) is 0 Å². The van der Waals surface area contributed by atoms with Crippen LogP contribution in [0.5, 0.6) is 0 Å². The normalized spacial score (nSPS) is 12.5. The summed E-state index contributed by atoms with van der Waals surface area (Å²) in [6.45, 7) is -0.122. The Labute approximate surface area is 136 Å². The van der Waals surface area contributed by atoms with Crippen LogP contribution < -0.4 is 4.72 Å². The Morgan fingerprint density at radius 2 is 1.74 bits per heavy atom. The van der Waals surface area contributed by atoms with E-state index in [9.17, 15) is 13.5 Å². The number of rotatable bonds is 7. The van der Waals surface area contributed by atoms with Crippen molar-refractivity contribution >= 4 is 10.0 Å². The quantitative estimate of drug-likeness (QED) is 0.814. The largest absolute Gasteiger partial charge is 0.396 e. The van der Waals surface area contributed by atoms with Crippen LogP contribution in [0, 0.1) is 11.3 Å². The van der Waals surface area contributed by atoms with E-state index >= 15 is 0 Å². The molecule has 0 saturated heterocycles. The predicted molar refractivity (Wildman–Crippen MR) is 87.0 cm³/mol. The molecule has 23 heavy (non-hydrogen) atoms. The molecule has 0 saturated carbocycles. The van der Waals surface area contributed by atoms with E-state index in [4.69, 9.17) is 5.26 Å². The third-order valence-electron chi connectivity index (χ3n) is 3.43. The molecule has 0 bridgehead atoms. The molecule has 2 aromatic rings. The van der Waals surface area contributed by atoms with Crippen molar-refractivity contribution in [3.63, 3.8) is 0 Å². The summed E-state index contributed by atoms with van der Waals surface area (Å²) in [4.78, 5) is 0.137. The second-order valence-corrected chi connectivity index (χ2v) is 6.79. The standard InChI is InChI=1S/C17H18N2O3S/c18-12-10-14-6-8-16(9-7-14)23(21,22)19-17(11-13-20)15-4-2-1-3-5-15/h1-9,17,19-20H,10-11,13H2/t17-/m1/s1. The average molecular weight is 330 g/mol. The van der Waals surface area contributed by atoms with E-state index in [-0.39, 0.29) is 24.3 Å². The van der Waals surface area contributed by atoms with Gasteiger partial charge in [-0.15, -0.1) is 0 Å². The van der Waals surface area contributed by atoms with Gasteiger partial charge in [0.25, 0.3) is 0 Å². The minimum absolute atomic E-state index is 0.122. The molecule has 0 unspecified atom stereocenters. The second kappa shape index (κ2) is 7.88. The Balaban J connectivity index is 2.22. The number of nitrogens with zero attached hydrogens (tertiary/aromatic N) is 1. The molecule has 1 atom stereocenters. The second-order valence-electron chi connectivity index (χ2n) is 5.08. The van der Waals surface area contributed by atoms with Crippen LogP contribution in [-0.2, 0) is 16.4 Å². The predicted octanol–water partition coefficient (Wildman–Crippen LogP) is 2.15. The third-order valence-corrected chi connectivity index (χ3v) is 4.92. The van der Waals surface area contributed by atoms with Gasteiger partial charge in [-0.3, -0.25) is 0 Å². The van der Waals surface area contributed by atoms with Crippen molar-refractivity contribution in [2.24, 2.45) is 0 Å². The smallest absolute Gasteiger partial charge is 0.241 e. The number of hydrogen-bond acceptors (Lipinski definition) is 4. The molecular weight excluding hydrogens is 312 g/mol. The fourth-order valence-corrected chi connectivity index (χ4v) is 3.50. The summed E-state index contributed by atoms with van der Waals surface area (Å²) >= 11 is 0. The lowest BCUT2D eigenvalue weighted by molar-refractivity contribution is 0.272. The fraction of sp³-hybridized carbons (Fsp3) is 0.235. The Bertz CT molecular complexity index is 766. The first-order chi connectivity index (χ1) is 11.1. The van der Waals surface area contributed by atoms with Gasteiger partial charge in [0, 0.05) is 12.6 Å². The molecule has 6 heteroatoms. The molecule has 0 fully saturated rings. The van der Waals surface area contributed by atoms with Crippen LogP contribution in [0.3, 0.4) is 0 Å². The van der Waals surface area contributed by atoms with Crippen molar-refractivity contribution in [1.29, 1.82) is 5.26 Å². The van der Waals surface area contributed by atoms with Gasteiger partial charge in [0.15, 0.2) is 0 Å². The first-order valence-corrected chi connectivity index (χ1v) is 8.69. The van der Waals surface area contributed by atoms with Crippen molar-refractivity contribution in [2.75, 3.05) is 6.61 Å². The van der Waals surface area contributed by atoms with Gasteiger partial charge >= 0.3 is 0 Å². The van der Waals surface area contributed by atoms with E-state index < -0.39 is 16.1 Å². The molecule has 120 valence electrons. The number of nitriles is 1. The van der Waals surface area contributed by atoms with Gasteiger partial charge in [0.2, 0.25) is 10.0 Å². The fourth-order valence-electron chi connectivity index (χ4n) is 2.24. The Kier molecular flexibility index (Phi) is 5.88. The molecule has 0 aliphatic heterocycles. The number of sulfonamides is 1. The molecule has 0 heterocycles. The third kappa shape index (κ3) is 4.63. The van der Waals surface area contributed by atoms with Crippen LogP contribution in [0.4, 0.5) is 0 Å². The summed E-state index contributed by atoms with van der Waals surface area (Å²) < 4.78 is 27.6. The molecular formula is C17H18N2O3S. The lowest BCUT2D eigenvalue weighted by Gasteiger charge is -2.18. The first-order valence-electron chi connectivity index (χ1n) is 7.21. The molecule has 2 N–H and O–H groups in total. The molecule has 0 amide bonds. The highest BCUT2D eigenvalue weighted by molar-refractivity contribution is 7.89. The highest BCUT2D eigenvalue weighted by atomic mass is 32.2. The van der Waals surface area contributed by atoms with E-state index in [0.717, 1.165) is 11.1 Å². The van der Waals surface area contributed by atoms with Crippen molar-refractivity contribution in [3.05, 3.63) is 65.7 Å². The van der Waals surface area contributed by atoms with Crippen molar-refractivity contribution in [2.45, 2.75) is 23.8 Å². The van der Waals surface area contributed by atoms with Gasteiger partial charge < -0.3 is 5.11 Å². The monoisotopic (exact) mass is 330 g/mol. The van der Waals surface area contributed by atoms with Crippen molar-refractivity contribution in [1.82, 2.24) is 4.72 Å². The topological polar surface area (TPSA) is 90.2 Å². The zero-order valence-electron chi connectivity index (χ0n) is 12.5. The van der Waals surface area contributed by atoms with Crippen LogP contribution in [0.2, 0.25) is 0 Å². The minimum atomic E-state index is -3.71. The molecule has 0 spiro atoms. The highest BCUT2D eigenvalue weighted by Crippen LogP contribution is 2.20. The van der Waals surface area contributed by atoms with E-state index in [1.54, 1.807) is 12.1 Å². The highest BCUT2D eigenvalue weighted by Gasteiger charge is 2.21. The number of nitrogens with one attached hydrogen (secondary N) is 1. The van der Waals surface area contributed by atoms with Gasteiger partial charge in [-0.2, -0.15) is 5.26 Å². The van der Waals surface area contributed by atoms with Gasteiger partial charge in [0.05, 0.1) is 17.4 Å². The van der Waals surface area contributed by atoms with E-state index in [1.807, 2.05) is 36.4 Å². The molecule has 5 nitrogen and oxygen atoms in total. The lowest BCUT2D eigenvalue weighted by Crippen LogP contribution is -2.29. The number of benzene rings is 2. The van der Waals surface area contributed by atoms with Crippen molar-refractivity contribution in [3.8, 4) is 6.07 Å². The summed E-state index contributed by atoms with van der Waals surface area (Å²) in [5, 5.41) is 17.8. The first kappa shape index (κ1) is 17.2. The molecule has 2 rings (SSSR count). The lowest BCUT2D eigenvalue weighted by atomic mass is 10.1. The van der Waals surface area contributed by atoms with E-state index in [2.05, 4.69) is 4.72 Å². The molecule has 0 aliphatic rings. The minimum Gasteiger partial charge on any atom is -0.396 e. The molecule has 0 aromatic heterocycles. The maximum Gasteiger partial charge on any atom is 0.241 e. The average Bonchev–Trinajstić information content (AvgIpc) is 2.56. The van der Waals surface area contributed by atoms with Gasteiger partial charge in [0.1, 0.15) is 0 Å². The Morgan fingerprint density at radius 3 is 2.30 bits per heavy atom. The zero-order chi connectivity index (χ0) is 16.7.